The Bertz CT molecular complexity index is 1120. The standard InChI is InChI=1S/C24H24ClN5O3/c25-18-12-17(13-19(14-18)28-24(32)33-15-16-6-2-1-3-7-16)22(31)30-23-27-11-9-21(29-23)20-8-4-5-10-26-20/h1-3,6-7,9,11-14,20,26H,4-5,8,10,15H2,(H,28,32)(H,27,29,30,31)/t20-/m1/s1. The van der Waals surface area contributed by atoms with Crippen LogP contribution in [-0.2, 0) is 11.3 Å². The van der Waals surface area contributed by atoms with Gasteiger partial charge in [0.15, 0.2) is 0 Å². The lowest BCUT2D eigenvalue weighted by atomic mass is 10.0. The summed E-state index contributed by atoms with van der Waals surface area (Å²) in [5.41, 5.74) is 2.30. The summed E-state index contributed by atoms with van der Waals surface area (Å²) in [4.78, 5) is 33.6. The van der Waals surface area contributed by atoms with E-state index in [1.807, 2.05) is 36.4 Å². The molecule has 2 amide bonds. The summed E-state index contributed by atoms with van der Waals surface area (Å²) in [5.74, 6) is -0.228. The second-order valence-electron chi connectivity index (χ2n) is 7.68. The quantitative estimate of drug-likeness (QED) is 0.476. The number of hydrogen-bond acceptors (Lipinski definition) is 6. The lowest BCUT2D eigenvalue weighted by Crippen LogP contribution is -2.28. The number of piperidine rings is 1. The molecule has 2 heterocycles. The maximum atomic E-state index is 12.8. The van der Waals surface area contributed by atoms with Crippen LogP contribution in [0.2, 0.25) is 5.02 Å². The fourth-order valence-corrected chi connectivity index (χ4v) is 3.81. The number of aromatic nitrogens is 2. The van der Waals surface area contributed by atoms with E-state index in [-0.39, 0.29) is 24.2 Å². The SMILES string of the molecule is O=C(Nc1cc(Cl)cc(C(=O)Nc2nccc([C@H]3CCCCN3)n2)c1)OCc1ccccc1. The van der Waals surface area contributed by atoms with Crippen LogP contribution >= 0.6 is 11.6 Å². The molecule has 0 unspecified atom stereocenters. The molecule has 3 aromatic rings. The predicted octanol–water partition coefficient (Wildman–Crippen LogP) is 4.95. The van der Waals surface area contributed by atoms with E-state index in [0.717, 1.165) is 37.1 Å². The maximum Gasteiger partial charge on any atom is 0.411 e. The molecule has 0 spiro atoms. The predicted molar refractivity (Wildman–Crippen MR) is 126 cm³/mol. The molecule has 8 nitrogen and oxygen atoms in total. The van der Waals surface area contributed by atoms with Gasteiger partial charge < -0.3 is 10.1 Å². The van der Waals surface area contributed by atoms with Gasteiger partial charge in [0.2, 0.25) is 5.95 Å². The van der Waals surface area contributed by atoms with Crippen LogP contribution in [0.5, 0.6) is 0 Å². The van der Waals surface area contributed by atoms with E-state index in [1.54, 1.807) is 6.20 Å². The molecular formula is C24H24ClN5O3. The van der Waals surface area contributed by atoms with Gasteiger partial charge in [0.05, 0.1) is 5.69 Å². The Morgan fingerprint density at radius 1 is 1.09 bits per heavy atom. The average Bonchev–Trinajstić information content (AvgIpc) is 2.84. The van der Waals surface area contributed by atoms with Crippen molar-refractivity contribution in [3.8, 4) is 0 Å². The molecule has 0 saturated carbocycles. The first kappa shape index (κ1) is 22.7. The van der Waals surface area contributed by atoms with Gasteiger partial charge in [-0.2, -0.15) is 0 Å². The van der Waals surface area contributed by atoms with Crippen LogP contribution in [-0.4, -0.2) is 28.5 Å². The highest BCUT2D eigenvalue weighted by molar-refractivity contribution is 6.31. The van der Waals surface area contributed by atoms with Crippen molar-refractivity contribution in [2.24, 2.45) is 0 Å². The summed E-state index contributed by atoms with van der Waals surface area (Å²) in [6.45, 7) is 1.08. The number of carbonyl (C=O) groups is 2. The van der Waals surface area contributed by atoms with Crippen LogP contribution < -0.4 is 16.0 Å². The molecule has 1 aromatic heterocycles. The van der Waals surface area contributed by atoms with E-state index >= 15 is 0 Å². The van der Waals surface area contributed by atoms with Crippen LogP contribution in [0.1, 0.15) is 46.9 Å². The Hall–Kier alpha value is -3.49. The molecular weight excluding hydrogens is 442 g/mol. The van der Waals surface area contributed by atoms with Gasteiger partial charge >= 0.3 is 6.09 Å². The van der Waals surface area contributed by atoms with Crippen molar-refractivity contribution in [2.75, 3.05) is 17.2 Å². The number of benzene rings is 2. The Balaban J connectivity index is 1.39. The van der Waals surface area contributed by atoms with Gasteiger partial charge in [-0.3, -0.25) is 15.4 Å². The average molecular weight is 466 g/mol. The second-order valence-corrected chi connectivity index (χ2v) is 8.11. The van der Waals surface area contributed by atoms with E-state index in [1.165, 1.54) is 18.2 Å². The van der Waals surface area contributed by atoms with Gasteiger partial charge in [-0.15, -0.1) is 0 Å². The van der Waals surface area contributed by atoms with E-state index in [0.29, 0.717) is 10.7 Å². The molecule has 1 aliphatic rings. The number of ether oxygens (including phenoxy) is 1. The Morgan fingerprint density at radius 3 is 2.73 bits per heavy atom. The van der Waals surface area contributed by atoms with Gasteiger partial charge in [0.25, 0.3) is 5.91 Å². The third-order valence-electron chi connectivity index (χ3n) is 5.19. The van der Waals surface area contributed by atoms with Crippen LogP contribution in [0.25, 0.3) is 0 Å². The molecule has 2 aromatic carbocycles. The largest absolute Gasteiger partial charge is 0.444 e. The Morgan fingerprint density at radius 2 is 1.94 bits per heavy atom. The molecule has 4 rings (SSSR count). The van der Waals surface area contributed by atoms with Crippen LogP contribution in [0.4, 0.5) is 16.4 Å². The molecule has 1 atom stereocenters. The van der Waals surface area contributed by atoms with Gasteiger partial charge in [0.1, 0.15) is 6.61 Å². The van der Waals surface area contributed by atoms with Gasteiger partial charge in [-0.1, -0.05) is 48.4 Å². The summed E-state index contributed by atoms with van der Waals surface area (Å²) in [6, 6.07) is 15.9. The summed E-state index contributed by atoms with van der Waals surface area (Å²) < 4.78 is 5.22. The molecule has 0 bridgehead atoms. The minimum absolute atomic E-state index is 0.129. The second kappa shape index (κ2) is 10.9. The molecule has 1 fully saturated rings. The van der Waals surface area contributed by atoms with Gasteiger partial charge in [-0.25, -0.2) is 14.8 Å². The van der Waals surface area contributed by atoms with Crippen molar-refractivity contribution in [3.63, 3.8) is 0 Å². The minimum atomic E-state index is -0.650. The number of hydrogen-bond donors (Lipinski definition) is 3. The highest BCUT2D eigenvalue weighted by atomic mass is 35.5. The molecule has 33 heavy (non-hydrogen) atoms. The number of anilines is 2. The van der Waals surface area contributed by atoms with Crippen molar-refractivity contribution < 1.29 is 14.3 Å². The summed E-state index contributed by atoms with van der Waals surface area (Å²) in [7, 11) is 0. The molecule has 170 valence electrons. The van der Waals surface area contributed by atoms with Crippen molar-refractivity contribution >= 4 is 35.2 Å². The van der Waals surface area contributed by atoms with Crippen molar-refractivity contribution in [2.45, 2.75) is 31.9 Å². The first-order valence-corrected chi connectivity index (χ1v) is 11.1. The smallest absolute Gasteiger partial charge is 0.411 e. The topological polar surface area (TPSA) is 105 Å². The summed E-state index contributed by atoms with van der Waals surface area (Å²) in [5, 5.41) is 9.02. The third-order valence-corrected chi connectivity index (χ3v) is 5.41. The van der Waals surface area contributed by atoms with E-state index in [9.17, 15) is 9.59 Å². The Labute approximate surface area is 196 Å². The normalized spacial score (nSPS) is 15.5. The van der Waals surface area contributed by atoms with Crippen molar-refractivity contribution in [1.82, 2.24) is 15.3 Å². The van der Waals surface area contributed by atoms with Gasteiger partial charge in [0, 0.05) is 28.5 Å². The molecule has 1 saturated heterocycles. The number of nitrogens with one attached hydrogen (secondary N) is 3. The highest BCUT2D eigenvalue weighted by Gasteiger charge is 2.18. The number of rotatable bonds is 6. The zero-order chi connectivity index (χ0) is 23.0. The molecule has 0 radical (unpaired) electrons. The van der Waals surface area contributed by atoms with Crippen LogP contribution in [0.3, 0.4) is 0 Å². The molecule has 1 aliphatic heterocycles. The zero-order valence-electron chi connectivity index (χ0n) is 17.9. The van der Waals surface area contributed by atoms with E-state index < -0.39 is 12.0 Å². The number of nitrogens with zero attached hydrogens (tertiary/aromatic N) is 2. The number of carbonyl (C=O) groups excluding carboxylic acids is 2. The maximum absolute atomic E-state index is 12.8. The van der Waals surface area contributed by atoms with E-state index in [2.05, 4.69) is 25.9 Å². The first-order chi connectivity index (χ1) is 16.1. The lowest BCUT2D eigenvalue weighted by Gasteiger charge is -2.23. The third kappa shape index (κ3) is 6.50. The van der Waals surface area contributed by atoms with Crippen molar-refractivity contribution in [1.29, 1.82) is 0 Å². The number of amides is 2. The van der Waals surface area contributed by atoms with Gasteiger partial charge in [-0.05, 0) is 49.2 Å². The van der Waals surface area contributed by atoms with E-state index in [4.69, 9.17) is 16.3 Å². The summed E-state index contributed by atoms with van der Waals surface area (Å²) in [6.07, 6.45) is 4.25. The first-order valence-electron chi connectivity index (χ1n) is 10.7. The zero-order valence-corrected chi connectivity index (χ0v) is 18.6. The monoisotopic (exact) mass is 465 g/mol. The van der Waals surface area contributed by atoms with Crippen LogP contribution in [0.15, 0.2) is 60.8 Å². The molecule has 9 heteroatoms. The molecule has 0 aliphatic carbocycles. The number of halogens is 1. The van der Waals surface area contributed by atoms with Crippen LogP contribution in [0, 0.1) is 0 Å². The molecule has 3 N–H and O–H groups in total. The Kier molecular flexibility index (Phi) is 7.49. The fourth-order valence-electron chi connectivity index (χ4n) is 3.57. The fraction of sp³-hybridized carbons (Fsp3) is 0.250. The highest BCUT2D eigenvalue weighted by Crippen LogP contribution is 2.23. The summed E-state index contributed by atoms with van der Waals surface area (Å²) >= 11 is 6.17. The minimum Gasteiger partial charge on any atom is -0.444 e. The lowest BCUT2D eigenvalue weighted by molar-refractivity contribution is 0.102. The van der Waals surface area contributed by atoms with Crippen molar-refractivity contribution in [3.05, 3.63) is 82.6 Å².